The predicted molar refractivity (Wildman–Crippen MR) is 31.9 cm³/mol. The van der Waals surface area contributed by atoms with E-state index in [4.69, 9.17) is 4.74 Å². The fraction of sp³-hybridized carbons (Fsp3) is 0.833. The number of aliphatic imine (C=N–C) groups is 1. The molecule has 0 N–H and O–H groups in total. The lowest BCUT2D eigenvalue weighted by atomic mass is 10.1. The van der Waals surface area contributed by atoms with Gasteiger partial charge in [0.05, 0.1) is 13.2 Å². The zero-order valence-electron chi connectivity index (χ0n) is 5.17. The maximum absolute atomic E-state index is 9.63. The summed E-state index contributed by atoms with van der Waals surface area (Å²) >= 11 is 0. The number of ether oxygens (including phenoxy) is 1. The molecule has 0 aromatic carbocycles. The number of carbonyl (C=O) groups excluding carboxylic acids is 1. The van der Waals surface area contributed by atoms with Gasteiger partial charge in [0.1, 0.15) is 0 Å². The Kier molecular flexibility index (Phi) is 2.43. The number of isocyanates is 1. The van der Waals surface area contributed by atoms with Crippen molar-refractivity contribution in [1.29, 1.82) is 0 Å². The molecule has 1 aliphatic heterocycles. The highest BCUT2D eigenvalue weighted by molar-refractivity contribution is 5.32. The van der Waals surface area contributed by atoms with Crippen molar-refractivity contribution in [2.75, 3.05) is 19.8 Å². The van der Waals surface area contributed by atoms with Gasteiger partial charge in [-0.15, -0.1) is 0 Å². The van der Waals surface area contributed by atoms with E-state index in [2.05, 4.69) is 4.99 Å². The quantitative estimate of drug-likeness (QED) is 0.397. The summed E-state index contributed by atoms with van der Waals surface area (Å²) in [6.07, 6.45) is 2.55. The Bertz CT molecular complexity index is 123. The summed E-state index contributed by atoms with van der Waals surface area (Å²) in [7, 11) is 0. The van der Waals surface area contributed by atoms with E-state index in [-0.39, 0.29) is 0 Å². The minimum absolute atomic E-state index is 0.464. The Morgan fingerprint density at radius 1 is 1.78 bits per heavy atom. The Morgan fingerprint density at radius 2 is 2.67 bits per heavy atom. The molecule has 1 rings (SSSR count). The molecule has 1 aliphatic rings. The van der Waals surface area contributed by atoms with Gasteiger partial charge in [0, 0.05) is 12.5 Å². The molecule has 0 amide bonds. The highest BCUT2D eigenvalue weighted by atomic mass is 16.5. The van der Waals surface area contributed by atoms with Crippen LogP contribution in [0.1, 0.15) is 6.42 Å². The maximum Gasteiger partial charge on any atom is 0.234 e. The molecule has 1 unspecified atom stereocenters. The van der Waals surface area contributed by atoms with E-state index in [0.29, 0.717) is 12.5 Å². The average molecular weight is 127 g/mol. The van der Waals surface area contributed by atoms with Gasteiger partial charge in [0.2, 0.25) is 6.08 Å². The number of rotatable bonds is 2. The van der Waals surface area contributed by atoms with Crippen molar-refractivity contribution >= 4 is 6.08 Å². The highest BCUT2D eigenvalue weighted by Gasteiger charge is 2.13. The van der Waals surface area contributed by atoms with Crippen molar-refractivity contribution < 1.29 is 9.53 Å². The minimum atomic E-state index is 0.464. The van der Waals surface area contributed by atoms with Crippen LogP contribution in [0.4, 0.5) is 0 Å². The predicted octanol–water partition coefficient (Wildman–Crippen LogP) is 0.359. The Morgan fingerprint density at radius 3 is 3.22 bits per heavy atom. The van der Waals surface area contributed by atoms with Gasteiger partial charge >= 0.3 is 0 Å². The van der Waals surface area contributed by atoms with Crippen LogP contribution < -0.4 is 0 Å². The van der Waals surface area contributed by atoms with E-state index in [9.17, 15) is 4.79 Å². The fourth-order valence-corrected chi connectivity index (χ4v) is 0.894. The van der Waals surface area contributed by atoms with Crippen LogP contribution in [0.2, 0.25) is 0 Å². The molecule has 1 atom stereocenters. The van der Waals surface area contributed by atoms with Gasteiger partial charge in [0.15, 0.2) is 0 Å². The summed E-state index contributed by atoms with van der Waals surface area (Å²) in [5, 5.41) is 0. The zero-order chi connectivity index (χ0) is 6.53. The molecule has 0 radical (unpaired) electrons. The Hall–Kier alpha value is -0.660. The first kappa shape index (κ1) is 6.46. The molecule has 1 fully saturated rings. The second kappa shape index (κ2) is 3.38. The largest absolute Gasteiger partial charge is 0.381 e. The Labute approximate surface area is 53.7 Å². The summed E-state index contributed by atoms with van der Waals surface area (Å²) in [6.45, 7) is 2.16. The molecule has 1 saturated heterocycles. The average Bonchev–Trinajstić information content (AvgIpc) is 2.34. The van der Waals surface area contributed by atoms with Crippen LogP contribution in [-0.2, 0) is 9.53 Å². The van der Waals surface area contributed by atoms with Gasteiger partial charge in [-0.05, 0) is 6.42 Å². The van der Waals surface area contributed by atoms with Gasteiger partial charge in [-0.1, -0.05) is 0 Å². The van der Waals surface area contributed by atoms with E-state index in [1.54, 1.807) is 0 Å². The standard InChI is InChI=1S/C6H9NO2/c8-5-7-3-6-1-2-9-4-6/h6H,1-4H2. The SMILES string of the molecule is O=C=NCC1CCOC1. The molecule has 0 spiro atoms. The van der Waals surface area contributed by atoms with Crippen molar-refractivity contribution in [1.82, 2.24) is 0 Å². The second-order valence-corrected chi connectivity index (χ2v) is 2.16. The van der Waals surface area contributed by atoms with Gasteiger partial charge in [-0.3, -0.25) is 0 Å². The normalized spacial score (nSPS) is 25.6. The van der Waals surface area contributed by atoms with E-state index < -0.39 is 0 Å². The van der Waals surface area contributed by atoms with E-state index in [1.807, 2.05) is 0 Å². The molecule has 50 valence electrons. The van der Waals surface area contributed by atoms with Crippen molar-refractivity contribution in [2.45, 2.75) is 6.42 Å². The lowest BCUT2D eigenvalue weighted by molar-refractivity contribution is 0.187. The summed E-state index contributed by atoms with van der Waals surface area (Å²) in [6, 6.07) is 0. The van der Waals surface area contributed by atoms with Crippen LogP contribution >= 0.6 is 0 Å². The molecule has 0 aromatic rings. The molecular weight excluding hydrogens is 118 g/mol. The van der Waals surface area contributed by atoms with Crippen molar-refractivity contribution in [3.05, 3.63) is 0 Å². The van der Waals surface area contributed by atoms with Crippen LogP contribution in [0.15, 0.2) is 4.99 Å². The molecule has 0 bridgehead atoms. The Balaban J connectivity index is 2.18. The van der Waals surface area contributed by atoms with E-state index in [0.717, 1.165) is 19.6 Å². The summed E-state index contributed by atoms with van der Waals surface area (Å²) in [4.78, 5) is 13.1. The molecule has 0 saturated carbocycles. The van der Waals surface area contributed by atoms with E-state index in [1.165, 1.54) is 6.08 Å². The first-order chi connectivity index (χ1) is 4.43. The third kappa shape index (κ3) is 1.96. The summed E-state index contributed by atoms with van der Waals surface area (Å²) in [5.41, 5.74) is 0. The second-order valence-electron chi connectivity index (χ2n) is 2.16. The van der Waals surface area contributed by atoms with Gasteiger partial charge < -0.3 is 4.74 Å². The molecule has 1 heterocycles. The van der Waals surface area contributed by atoms with Gasteiger partial charge in [0.25, 0.3) is 0 Å². The first-order valence-corrected chi connectivity index (χ1v) is 3.05. The smallest absolute Gasteiger partial charge is 0.234 e. The third-order valence-corrected chi connectivity index (χ3v) is 1.44. The van der Waals surface area contributed by atoms with Crippen LogP contribution in [0.3, 0.4) is 0 Å². The van der Waals surface area contributed by atoms with Crippen LogP contribution in [0.5, 0.6) is 0 Å². The number of nitrogens with zero attached hydrogens (tertiary/aromatic N) is 1. The third-order valence-electron chi connectivity index (χ3n) is 1.44. The molecule has 0 aliphatic carbocycles. The summed E-state index contributed by atoms with van der Waals surface area (Å²) in [5.74, 6) is 0.464. The summed E-state index contributed by atoms with van der Waals surface area (Å²) < 4.78 is 5.06. The van der Waals surface area contributed by atoms with Crippen LogP contribution in [0.25, 0.3) is 0 Å². The van der Waals surface area contributed by atoms with Gasteiger partial charge in [-0.2, -0.15) is 0 Å². The number of hydrogen-bond acceptors (Lipinski definition) is 3. The van der Waals surface area contributed by atoms with Crippen molar-refractivity contribution in [3.63, 3.8) is 0 Å². The minimum Gasteiger partial charge on any atom is -0.381 e. The molecule has 3 nitrogen and oxygen atoms in total. The van der Waals surface area contributed by atoms with Crippen molar-refractivity contribution in [3.8, 4) is 0 Å². The van der Waals surface area contributed by atoms with Crippen LogP contribution in [0, 0.1) is 5.92 Å². The van der Waals surface area contributed by atoms with E-state index >= 15 is 0 Å². The van der Waals surface area contributed by atoms with Gasteiger partial charge in [-0.25, -0.2) is 9.79 Å². The molecule has 0 aromatic heterocycles. The lowest BCUT2D eigenvalue weighted by Crippen LogP contribution is -2.02. The molecular formula is C6H9NO2. The first-order valence-electron chi connectivity index (χ1n) is 3.05. The topological polar surface area (TPSA) is 38.7 Å². The lowest BCUT2D eigenvalue weighted by Gasteiger charge is -1.97. The zero-order valence-corrected chi connectivity index (χ0v) is 5.17. The molecule has 3 heteroatoms. The maximum atomic E-state index is 9.63. The van der Waals surface area contributed by atoms with Crippen LogP contribution in [-0.4, -0.2) is 25.8 Å². The highest BCUT2D eigenvalue weighted by Crippen LogP contribution is 2.11. The van der Waals surface area contributed by atoms with Crippen molar-refractivity contribution in [2.24, 2.45) is 10.9 Å². The molecule has 9 heavy (non-hydrogen) atoms. The fourth-order valence-electron chi connectivity index (χ4n) is 0.894. The monoisotopic (exact) mass is 127 g/mol. The number of hydrogen-bond donors (Lipinski definition) is 0.